The second kappa shape index (κ2) is 4.56. The van der Waals surface area contributed by atoms with Crippen LogP contribution in [0.1, 0.15) is 19.9 Å². The summed E-state index contributed by atoms with van der Waals surface area (Å²) in [5.74, 6) is -0.507. The van der Waals surface area contributed by atoms with Gasteiger partial charge in [-0.3, -0.25) is 14.8 Å². The van der Waals surface area contributed by atoms with E-state index in [0.717, 1.165) is 18.2 Å². The van der Waals surface area contributed by atoms with Crippen LogP contribution in [0.5, 0.6) is 0 Å². The number of nitrogens with zero attached hydrogens (tertiary/aromatic N) is 3. The molecule has 0 aliphatic rings. The van der Waals surface area contributed by atoms with Crippen LogP contribution in [0, 0.1) is 15.9 Å². The zero-order valence-electron chi connectivity index (χ0n) is 10.0. The van der Waals surface area contributed by atoms with E-state index in [1.54, 1.807) is 10.9 Å². The lowest BCUT2D eigenvalue weighted by molar-refractivity contribution is -0.384. The maximum Gasteiger partial charge on any atom is 0.277 e. The Morgan fingerprint density at radius 3 is 2.72 bits per heavy atom. The fraction of sp³-hybridized carbons (Fsp3) is 0.250. The largest absolute Gasteiger partial charge is 0.277 e. The van der Waals surface area contributed by atoms with Crippen LogP contribution in [0.3, 0.4) is 0 Å². The van der Waals surface area contributed by atoms with Crippen molar-refractivity contribution in [2.45, 2.75) is 19.9 Å². The predicted molar refractivity (Wildman–Crippen MR) is 64.7 cm³/mol. The molecule has 0 aliphatic heterocycles. The minimum absolute atomic E-state index is 0.125. The maximum absolute atomic E-state index is 13.2. The summed E-state index contributed by atoms with van der Waals surface area (Å²) in [6.45, 7) is 3.88. The molecule has 6 heteroatoms. The number of nitro benzene ring substituents is 1. The highest BCUT2D eigenvalue weighted by atomic mass is 19.1. The maximum atomic E-state index is 13.2. The van der Waals surface area contributed by atoms with Crippen LogP contribution in [0.15, 0.2) is 30.6 Å². The average Bonchev–Trinajstić information content (AvgIpc) is 2.77. The number of halogens is 1. The minimum Gasteiger partial charge on any atom is -0.270 e. The van der Waals surface area contributed by atoms with Crippen molar-refractivity contribution in [3.8, 4) is 11.1 Å². The van der Waals surface area contributed by atoms with E-state index < -0.39 is 10.7 Å². The van der Waals surface area contributed by atoms with E-state index in [-0.39, 0.29) is 17.3 Å². The summed E-state index contributed by atoms with van der Waals surface area (Å²) in [7, 11) is 0. The molecule has 0 saturated carbocycles. The van der Waals surface area contributed by atoms with E-state index in [0.29, 0.717) is 5.56 Å². The lowest BCUT2D eigenvalue weighted by Gasteiger charge is -2.03. The smallest absolute Gasteiger partial charge is 0.270 e. The lowest BCUT2D eigenvalue weighted by Crippen LogP contribution is -1.99. The highest BCUT2D eigenvalue weighted by Crippen LogP contribution is 2.30. The van der Waals surface area contributed by atoms with Gasteiger partial charge in [-0.1, -0.05) is 0 Å². The molecule has 0 bridgehead atoms. The second-order valence-corrected chi connectivity index (χ2v) is 4.22. The van der Waals surface area contributed by atoms with E-state index in [1.807, 2.05) is 13.8 Å². The quantitative estimate of drug-likeness (QED) is 0.620. The Balaban J connectivity index is 2.54. The van der Waals surface area contributed by atoms with Crippen LogP contribution in [0.25, 0.3) is 11.1 Å². The predicted octanol–water partition coefficient (Wildman–Crippen LogP) is 3.18. The number of hydrogen-bond donors (Lipinski definition) is 0. The van der Waals surface area contributed by atoms with Gasteiger partial charge >= 0.3 is 0 Å². The van der Waals surface area contributed by atoms with Gasteiger partial charge in [-0.2, -0.15) is 5.10 Å². The summed E-state index contributed by atoms with van der Waals surface area (Å²) >= 11 is 0. The fourth-order valence-electron chi connectivity index (χ4n) is 1.66. The normalized spacial score (nSPS) is 10.9. The van der Waals surface area contributed by atoms with E-state index in [2.05, 4.69) is 5.10 Å². The van der Waals surface area contributed by atoms with Crippen molar-refractivity contribution in [1.82, 2.24) is 9.78 Å². The Bertz CT molecular complexity index is 593. The highest BCUT2D eigenvalue weighted by molar-refractivity contribution is 5.72. The van der Waals surface area contributed by atoms with E-state index in [1.165, 1.54) is 6.20 Å². The zero-order chi connectivity index (χ0) is 13.3. The van der Waals surface area contributed by atoms with Gasteiger partial charge in [0.15, 0.2) is 0 Å². The molecule has 0 N–H and O–H groups in total. The molecule has 1 heterocycles. The summed E-state index contributed by atoms with van der Waals surface area (Å²) in [5.41, 5.74) is 0.654. The standard InChI is InChI=1S/C12H12FN3O2/c1-8(2)15-7-9(6-14-15)11-5-10(13)3-4-12(11)16(17)18/h3-8H,1-2H3. The van der Waals surface area contributed by atoms with Gasteiger partial charge < -0.3 is 0 Å². The third-order valence-electron chi connectivity index (χ3n) is 2.60. The number of hydrogen-bond acceptors (Lipinski definition) is 3. The number of aromatic nitrogens is 2. The van der Waals surface area contributed by atoms with Crippen LogP contribution in [0.4, 0.5) is 10.1 Å². The Morgan fingerprint density at radius 1 is 1.44 bits per heavy atom. The van der Waals surface area contributed by atoms with Gasteiger partial charge in [0.05, 0.1) is 16.7 Å². The van der Waals surface area contributed by atoms with E-state index in [9.17, 15) is 14.5 Å². The van der Waals surface area contributed by atoms with Gasteiger partial charge in [0.1, 0.15) is 5.82 Å². The van der Waals surface area contributed by atoms with Gasteiger partial charge in [-0.25, -0.2) is 4.39 Å². The first-order valence-corrected chi connectivity index (χ1v) is 5.47. The van der Waals surface area contributed by atoms with Gasteiger partial charge in [0.25, 0.3) is 5.69 Å². The monoisotopic (exact) mass is 249 g/mol. The molecule has 0 spiro atoms. The van der Waals surface area contributed by atoms with Crippen molar-refractivity contribution in [2.75, 3.05) is 0 Å². The van der Waals surface area contributed by atoms with Crippen molar-refractivity contribution in [3.63, 3.8) is 0 Å². The molecule has 5 nitrogen and oxygen atoms in total. The summed E-state index contributed by atoms with van der Waals surface area (Å²) in [5, 5.41) is 15.0. The molecule has 18 heavy (non-hydrogen) atoms. The Kier molecular flexibility index (Phi) is 3.10. The van der Waals surface area contributed by atoms with Crippen molar-refractivity contribution in [1.29, 1.82) is 0 Å². The first kappa shape index (κ1) is 12.2. The van der Waals surface area contributed by atoms with Crippen molar-refractivity contribution in [2.24, 2.45) is 0 Å². The lowest BCUT2D eigenvalue weighted by atomic mass is 10.1. The fourth-order valence-corrected chi connectivity index (χ4v) is 1.66. The van der Waals surface area contributed by atoms with Gasteiger partial charge in [-0.05, 0) is 26.0 Å². The second-order valence-electron chi connectivity index (χ2n) is 4.22. The van der Waals surface area contributed by atoms with Crippen LogP contribution in [-0.2, 0) is 0 Å². The topological polar surface area (TPSA) is 61.0 Å². The first-order valence-electron chi connectivity index (χ1n) is 5.47. The Labute approximate surface area is 103 Å². The van der Waals surface area contributed by atoms with Crippen molar-refractivity contribution < 1.29 is 9.31 Å². The van der Waals surface area contributed by atoms with E-state index >= 15 is 0 Å². The van der Waals surface area contributed by atoms with Crippen LogP contribution >= 0.6 is 0 Å². The van der Waals surface area contributed by atoms with Crippen LogP contribution in [0.2, 0.25) is 0 Å². The van der Waals surface area contributed by atoms with Gasteiger partial charge in [0.2, 0.25) is 0 Å². The summed E-state index contributed by atoms with van der Waals surface area (Å²) in [6.07, 6.45) is 3.17. The summed E-state index contributed by atoms with van der Waals surface area (Å²) in [6, 6.07) is 3.54. The summed E-state index contributed by atoms with van der Waals surface area (Å²) < 4.78 is 14.9. The van der Waals surface area contributed by atoms with Crippen LogP contribution < -0.4 is 0 Å². The molecule has 0 amide bonds. The molecule has 0 radical (unpaired) electrons. The number of rotatable bonds is 3. The molecular formula is C12H12FN3O2. The molecule has 0 saturated heterocycles. The third-order valence-corrected chi connectivity index (χ3v) is 2.60. The Hall–Kier alpha value is -2.24. The SMILES string of the molecule is CC(C)n1cc(-c2cc(F)ccc2[N+](=O)[O-])cn1. The molecule has 0 aliphatic carbocycles. The van der Waals surface area contributed by atoms with Crippen molar-refractivity contribution >= 4 is 5.69 Å². The first-order chi connectivity index (χ1) is 8.49. The molecule has 0 atom stereocenters. The minimum atomic E-state index is -0.526. The molecule has 0 unspecified atom stereocenters. The highest BCUT2D eigenvalue weighted by Gasteiger charge is 2.17. The molecule has 1 aromatic carbocycles. The Morgan fingerprint density at radius 2 is 2.17 bits per heavy atom. The molecule has 1 aromatic heterocycles. The van der Waals surface area contributed by atoms with E-state index in [4.69, 9.17) is 0 Å². The van der Waals surface area contributed by atoms with Crippen LogP contribution in [-0.4, -0.2) is 14.7 Å². The number of nitro groups is 1. The molecule has 2 rings (SSSR count). The number of benzene rings is 1. The molecule has 94 valence electrons. The average molecular weight is 249 g/mol. The molecule has 0 fully saturated rings. The zero-order valence-corrected chi connectivity index (χ0v) is 10.0. The summed E-state index contributed by atoms with van der Waals surface area (Å²) in [4.78, 5) is 10.4. The molecular weight excluding hydrogens is 237 g/mol. The van der Waals surface area contributed by atoms with Crippen molar-refractivity contribution in [3.05, 3.63) is 46.5 Å². The van der Waals surface area contributed by atoms with Gasteiger partial charge in [-0.15, -0.1) is 0 Å². The molecule has 2 aromatic rings. The van der Waals surface area contributed by atoms with Gasteiger partial charge in [0, 0.05) is 23.9 Å². The third kappa shape index (κ3) is 2.22.